The number of nitrogens with zero attached hydrogens (tertiary/aromatic N) is 6. The van der Waals surface area contributed by atoms with Crippen molar-refractivity contribution in [3.63, 3.8) is 0 Å². The SMILES string of the molecule is CCc1c(N2CCC(CNC(C)=O)CC2)cc(-c2cc(Cl)cc(Cl)c2)nc1Oc1cnc(N2CCN(CCC(=O)O)CC2)cn1. The lowest BCUT2D eigenvalue weighted by Crippen LogP contribution is -2.47. The fraction of sp³-hybridized carbons (Fsp3) is 0.469. The van der Waals surface area contributed by atoms with Gasteiger partial charge in [0.05, 0.1) is 24.5 Å². The molecule has 4 heterocycles. The Balaban J connectivity index is 1.37. The van der Waals surface area contributed by atoms with E-state index in [9.17, 15) is 9.59 Å². The van der Waals surface area contributed by atoms with E-state index in [2.05, 4.69) is 43.0 Å². The zero-order valence-electron chi connectivity index (χ0n) is 25.6. The second-order valence-corrected chi connectivity index (χ2v) is 12.3. The van der Waals surface area contributed by atoms with Crippen molar-refractivity contribution >= 4 is 46.6 Å². The highest BCUT2D eigenvalue weighted by molar-refractivity contribution is 6.35. The van der Waals surface area contributed by atoms with Gasteiger partial charge in [-0.3, -0.25) is 14.5 Å². The number of piperidine rings is 1. The first-order chi connectivity index (χ1) is 21.7. The molecule has 0 unspecified atom stereocenters. The predicted octanol–water partition coefficient (Wildman–Crippen LogP) is 5.15. The van der Waals surface area contributed by atoms with Gasteiger partial charge in [0.25, 0.3) is 0 Å². The van der Waals surface area contributed by atoms with Gasteiger partial charge in [-0.25, -0.2) is 15.0 Å². The highest BCUT2D eigenvalue weighted by Crippen LogP contribution is 2.38. The number of pyridine rings is 1. The van der Waals surface area contributed by atoms with Crippen LogP contribution in [0.25, 0.3) is 11.3 Å². The molecular formula is C32H39Cl2N7O4. The monoisotopic (exact) mass is 655 g/mol. The smallest absolute Gasteiger partial charge is 0.304 e. The van der Waals surface area contributed by atoms with Gasteiger partial charge in [-0.15, -0.1) is 0 Å². The molecule has 5 rings (SSSR count). The van der Waals surface area contributed by atoms with Gasteiger partial charge in [-0.05, 0) is 49.4 Å². The largest absolute Gasteiger partial charge is 0.481 e. The van der Waals surface area contributed by atoms with E-state index < -0.39 is 5.97 Å². The van der Waals surface area contributed by atoms with E-state index in [1.807, 2.05) is 12.1 Å². The van der Waals surface area contributed by atoms with Crippen LogP contribution in [0.5, 0.6) is 11.8 Å². The minimum absolute atomic E-state index is 0.00173. The molecule has 2 fully saturated rings. The number of carboxylic acid groups (broad SMARTS) is 1. The van der Waals surface area contributed by atoms with E-state index in [0.29, 0.717) is 52.9 Å². The van der Waals surface area contributed by atoms with Crippen LogP contribution in [-0.4, -0.2) is 89.2 Å². The van der Waals surface area contributed by atoms with Crippen LogP contribution in [0.3, 0.4) is 0 Å². The van der Waals surface area contributed by atoms with Crippen molar-refractivity contribution in [2.24, 2.45) is 5.92 Å². The number of benzene rings is 1. The molecule has 1 amide bonds. The number of carbonyl (C=O) groups excluding carboxylic acids is 1. The zero-order chi connectivity index (χ0) is 31.9. The summed E-state index contributed by atoms with van der Waals surface area (Å²) < 4.78 is 6.35. The number of aliphatic carboxylic acids is 1. The molecular weight excluding hydrogens is 617 g/mol. The topological polar surface area (TPSA) is 124 Å². The normalized spacial score (nSPS) is 16.1. The van der Waals surface area contributed by atoms with Crippen molar-refractivity contribution in [2.75, 3.05) is 62.2 Å². The second-order valence-electron chi connectivity index (χ2n) is 11.5. The molecule has 0 radical (unpaired) electrons. The molecule has 3 aromatic rings. The van der Waals surface area contributed by atoms with E-state index >= 15 is 0 Å². The van der Waals surface area contributed by atoms with Gasteiger partial charge >= 0.3 is 5.97 Å². The first-order valence-corrected chi connectivity index (χ1v) is 16.1. The molecule has 240 valence electrons. The van der Waals surface area contributed by atoms with Crippen molar-refractivity contribution in [3.05, 3.63) is 52.3 Å². The second kappa shape index (κ2) is 15.1. The van der Waals surface area contributed by atoms with Crippen LogP contribution in [0.4, 0.5) is 11.5 Å². The summed E-state index contributed by atoms with van der Waals surface area (Å²) in [5.74, 6) is 1.18. The standard InChI is InChI=1S/C32H39Cl2N7O4/c1-3-26-28(40-8-4-22(5-9-40)18-35-21(2)42)17-27(23-14-24(33)16-25(34)15-23)38-32(26)45-30-20-36-29(19-37-30)41-12-10-39(11-13-41)7-6-31(43)44/h14-17,19-20,22H,3-13,18H2,1-2H3,(H,35,42)(H,43,44). The summed E-state index contributed by atoms with van der Waals surface area (Å²) in [5.41, 5.74) is 3.48. The van der Waals surface area contributed by atoms with Crippen molar-refractivity contribution < 1.29 is 19.4 Å². The average Bonchev–Trinajstić information content (AvgIpc) is 3.03. The molecule has 2 saturated heterocycles. The molecule has 2 N–H and O–H groups in total. The Morgan fingerprint density at radius 1 is 0.978 bits per heavy atom. The van der Waals surface area contributed by atoms with Gasteiger partial charge in [-0.1, -0.05) is 30.1 Å². The number of carboxylic acids is 1. The number of aromatic nitrogens is 3. The number of halogens is 2. The maximum Gasteiger partial charge on any atom is 0.304 e. The van der Waals surface area contributed by atoms with Gasteiger partial charge in [0.15, 0.2) is 0 Å². The third-order valence-corrected chi connectivity index (χ3v) is 8.76. The summed E-state index contributed by atoms with van der Waals surface area (Å²) in [6, 6.07) is 7.44. The van der Waals surface area contributed by atoms with E-state index in [1.165, 1.54) is 0 Å². The van der Waals surface area contributed by atoms with Crippen molar-refractivity contribution in [1.29, 1.82) is 0 Å². The molecule has 11 nitrogen and oxygen atoms in total. The number of hydrogen-bond donors (Lipinski definition) is 2. The summed E-state index contributed by atoms with van der Waals surface area (Å²) >= 11 is 12.7. The Morgan fingerprint density at radius 2 is 1.69 bits per heavy atom. The number of piperazine rings is 1. The number of carbonyl (C=O) groups is 2. The molecule has 0 atom stereocenters. The average molecular weight is 657 g/mol. The molecule has 13 heteroatoms. The number of nitrogens with one attached hydrogen (secondary N) is 1. The van der Waals surface area contributed by atoms with E-state index in [1.54, 1.807) is 25.4 Å². The first-order valence-electron chi connectivity index (χ1n) is 15.4. The van der Waals surface area contributed by atoms with Crippen LogP contribution in [0, 0.1) is 5.92 Å². The third-order valence-electron chi connectivity index (χ3n) is 8.32. The molecule has 2 aromatic heterocycles. The van der Waals surface area contributed by atoms with Gasteiger partial charge in [0.1, 0.15) is 5.82 Å². The molecule has 0 bridgehead atoms. The highest BCUT2D eigenvalue weighted by Gasteiger charge is 2.25. The van der Waals surface area contributed by atoms with Crippen LogP contribution >= 0.6 is 23.2 Å². The lowest BCUT2D eigenvalue weighted by Gasteiger charge is -2.35. The number of ether oxygens (including phenoxy) is 1. The van der Waals surface area contributed by atoms with Crippen molar-refractivity contribution in [1.82, 2.24) is 25.2 Å². The van der Waals surface area contributed by atoms with Gasteiger partial charge in [0, 0.05) is 86.1 Å². The molecule has 0 spiro atoms. The Kier molecular flexibility index (Phi) is 11.0. The fourth-order valence-corrected chi connectivity index (χ4v) is 6.35. The molecule has 1 aromatic carbocycles. The molecule has 2 aliphatic rings. The number of amides is 1. The zero-order valence-corrected chi connectivity index (χ0v) is 27.1. The molecule has 0 aliphatic carbocycles. The van der Waals surface area contributed by atoms with Crippen LogP contribution < -0.4 is 19.9 Å². The van der Waals surface area contributed by atoms with Gasteiger partial charge < -0.3 is 25.0 Å². The first kappa shape index (κ1) is 32.7. The Labute approximate surface area is 273 Å². The van der Waals surface area contributed by atoms with E-state index in [0.717, 1.165) is 74.7 Å². The lowest BCUT2D eigenvalue weighted by molar-refractivity contribution is -0.137. The lowest BCUT2D eigenvalue weighted by atomic mass is 9.95. The van der Waals surface area contributed by atoms with E-state index in [4.69, 9.17) is 38.0 Å². The van der Waals surface area contributed by atoms with Gasteiger partial charge in [0.2, 0.25) is 17.7 Å². The molecule has 45 heavy (non-hydrogen) atoms. The number of rotatable bonds is 11. The van der Waals surface area contributed by atoms with Crippen molar-refractivity contribution in [2.45, 2.75) is 39.5 Å². The predicted molar refractivity (Wildman–Crippen MR) is 176 cm³/mol. The molecule has 2 aliphatic heterocycles. The Hall–Kier alpha value is -3.67. The maximum absolute atomic E-state index is 11.4. The quantitative estimate of drug-likeness (QED) is 0.287. The Morgan fingerprint density at radius 3 is 2.29 bits per heavy atom. The molecule has 0 saturated carbocycles. The van der Waals surface area contributed by atoms with Crippen LogP contribution in [0.1, 0.15) is 38.7 Å². The summed E-state index contributed by atoms with van der Waals surface area (Å²) in [6.45, 7) is 9.57. The Bertz CT molecular complexity index is 1470. The highest BCUT2D eigenvalue weighted by atomic mass is 35.5. The fourth-order valence-electron chi connectivity index (χ4n) is 5.83. The number of anilines is 2. The summed E-state index contributed by atoms with van der Waals surface area (Å²) in [6.07, 6.45) is 6.07. The van der Waals surface area contributed by atoms with Crippen LogP contribution in [0.2, 0.25) is 10.0 Å². The minimum atomic E-state index is -0.781. The van der Waals surface area contributed by atoms with Crippen molar-refractivity contribution in [3.8, 4) is 23.0 Å². The van der Waals surface area contributed by atoms with E-state index in [-0.39, 0.29) is 12.3 Å². The van der Waals surface area contributed by atoms with Crippen LogP contribution in [0.15, 0.2) is 36.7 Å². The maximum atomic E-state index is 11.4. The third kappa shape index (κ3) is 8.74. The summed E-state index contributed by atoms with van der Waals surface area (Å²) in [4.78, 5) is 43.1. The van der Waals surface area contributed by atoms with Crippen LogP contribution in [-0.2, 0) is 16.0 Å². The van der Waals surface area contributed by atoms with Gasteiger partial charge in [-0.2, -0.15) is 0 Å². The number of hydrogen-bond acceptors (Lipinski definition) is 9. The minimum Gasteiger partial charge on any atom is -0.481 e. The summed E-state index contributed by atoms with van der Waals surface area (Å²) in [5, 5.41) is 13.0. The summed E-state index contributed by atoms with van der Waals surface area (Å²) in [7, 11) is 0.